The molecule has 1 amide bonds. The molecule has 9 unspecified atom stereocenters. The molecule has 1 heterocycles. The van der Waals surface area contributed by atoms with E-state index in [9.17, 15) is 40.5 Å². The molecule has 0 saturated carbocycles. The molecular formula is C54H103NO10. The maximum absolute atomic E-state index is 13.0. The zero-order valence-corrected chi connectivity index (χ0v) is 41.7. The highest BCUT2D eigenvalue weighted by Crippen LogP contribution is 2.23. The van der Waals surface area contributed by atoms with Crippen molar-refractivity contribution in [2.75, 3.05) is 13.2 Å². The molecule has 1 saturated heterocycles. The van der Waals surface area contributed by atoms with Crippen LogP contribution in [0.15, 0.2) is 24.3 Å². The van der Waals surface area contributed by atoms with Crippen LogP contribution in [-0.4, -0.2) is 110 Å². The van der Waals surface area contributed by atoms with E-state index in [1.54, 1.807) is 0 Å². The number of carbonyl (C=O) groups excluding carboxylic acids is 1. The Morgan fingerprint density at radius 2 is 0.938 bits per heavy atom. The molecule has 0 aromatic carbocycles. The Morgan fingerprint density at radius 3 is 1.38 bits per heavy atom. The number of amides is 1. The van der Waals surface area contributed by atoms with Gasteiger partial charge in [-0.1, -0.05) is 212 Å². The Morgan fingerprint density at radius 1 is 0.523 bits per heavy atom. The molecule has 0 aromatic rings. The van der Waals surface area contributed by atoms with Gasteiger partial charge in [-0.15, -0.1) is 0 Å². The van der Waals surface area contributed by atoms with Crippen LogP contribution in [0.4, 0.5) is 0 Å². The normalized spacial score (nSPS) is 21.0. The second-order valence-corrected chi connectivity index (χ2v) is 19.3. The van der Waals surface area contributed by atoms with Crippen molar-refractivity contribution in [1.82, 2.24) is 5.32 Å². The van der Waals surface area contributed by atoms with Gasteiger partial charge in [0.2, 0.25) is 5.91 Å². The van der Waals surface area contributed by atoms with E-state index in [0.29, 0.717) is 12.8 Å². The lowest BCUT2D eigenvalue weighted by atomic mass is 9.98. The summed E-state index contributed by atoms with van der Waals surface area (Å²) in [5.74, 6) is -0.709. The lowest BCUT2D eigenvalue weighted by molar-refractivity contribution is -0.303. The van der Waals surface area contributed by atoms with Gasteiger partial charge in [-0.2, -0.15) is 0 Å². The summed E-state index contributed by atoms with van der Waals surface area (Å²) in [6, 6.07) is -1.18. The van der Waals surface area contributed by atoms with E-state index in [1.807, 2.05) is 6.08 Å². The molecule has 384 valence electrons. The van der Waals surface area contributed by atoms with Crippen LogP contribution in [0.3, 0.4) is 0 Å². The van der Waals surface area contributed by atoms with E-state index in [-0.39, 0.29) is 12.8 Å². The van der Waals surface area contributed by atoms with Crippen LogP contribution in [0.25, 0.3) is 0 Å². The number of aliphatic hydroxyl groups excluding tert-OH is 7. The smallest absolute Gasteiger partial charge is 0.249 e. The zero-order chi connectivity index (χ0) is 47.6. The number of aliphatic hydroxyl groups is 7. The SMILES string of the molecule is CCC/C=C/CCCC(O)C(O)C(COC1OC(CO)C(O)C(O)C1O)NC(=O)C(O)CCCCCCCCCCCCCCCCCC/C=C\CCCCCCCCCCCCCC. The van der Waals surface area contributed by atoms with Crippen LogP contribution >= 0.6 is 0 Å². The number of hydrogen-bond acceptors (Lipinski definition) is 10. The maximum atomic E-state index is 13.0. The van der Waals surface area contributed by atoms with Crippen molar-refractivity contribution in [3.8, 4) is 0 Å². The molecular weight excluding hydrogens is 823 g/mol. The van der Waals surface area contributed by atoms with Crippen LogP contribution in [0, 0.1) is 0 Å². The Kier molecular flexibility index (Phi) is 41.6. The van der Waals surface area contributed by atoms with Crippen LogP contribution in [0.5, 0.6) is 0 Å². The number of unbranched alkanes of at least 4 members (excludes halogenated alkanes) is 30. The third-order valence-electron chi connectivity index (χ3n) is 13.2. The molecule has 0 spiro atoms. The molecule has 1 aliphatic heterocycles. The van der Waals surface area contributed by atoms with Crippen LogP contribution < -0.4 is 5.32 Å². The van der Waals surface area contributed by atoms with Gasteiger partial charge >= 0.3 is 0 Å². The van der Waals surface area contributed by atoms with Crippen molar-refractivity contribution < 1.29 is 50.0 Å². The molecule has 1 rings (SSSR count). The van der Waals surface area contributed by atoms with Crippen molar-refractivity contribution in [2.24, 2.45) is 0 Å². The fourth-order valence-electron chi connectivity index (χ4n) is 8.74. The minimum absolute atomic E-state index is 0.255. The number of carbonyl (C=O) groups is 1. The molecule has 8 N–H and O–H groups in total. The average Bonchev–Trinajstić information content (AvgIpc) is 3.31. The van der Waals surface area contributed by atoms with E-state index in [1.165, 1.54) is 167 Å². The Labute approximate surface area is 397 Å². The first-order valence-electron chi connectivity index (χ1n) is 27.2. The highest BCUT2D eigenvalue weighted by atomic mass is 16.7. The zero-order valence-electron chi connectivity index (χ0n) is 41.7. The van der Waals surface area contributed by atoms with E-state index in [2.05, 4.69) is 37.4 Å². The summed E-state index contributed by atoms with van der Waals surface area (Å²) in [7, 11) is 0. The summed E-state index contributed by atoms with van der Waals surface area (Å²) in [6.07, 6.45) is 40.4. The molecule has 65 heavy (non-hydrogen) atoms. The predicted octanol–water partition coefficient (Wildman–Crippen LogP) is 10.6. The second kappa shape index (κ2) is 43.8. The lowest BCUT2D eigenvalue weighted by Crippen LogP contribution is -2.60. The first kappa shape index (κ1) is 61.6. The molecule has 9 atom stereocenters. The summed E-state index contributed by atoms with van der Waals surface area (Å²) < 4.78 is 11.0. The summed E-state index contributed by atoms with van der Waals surface area (Å²) in [4.78, 5) is 13.0. The minimum atomic E-state index is -1.66. The molecule has 11 heteroatoms. The van der Waals surface area contributed by atoms with Crippen molar-refractivity contribution >= 4 is 5.91 Å². The topological polar surface area (TPSA) is 189 Å². The summed E-state index contributed by atoms with van der Waals surface area (Å²) in [5.41, 5.74) is 0. The van der Waals surface area contributed by atoms with Gasteiger partial charge in [0.05, 0.1) is 25.4 Å². The second-order valence-electron chi connectivity index (χ2n) is 19.3. The number of ether oxygens (including phenoxy) is 2. The van der Waals surface area contributed by atoms with E-state index >= 15 is 0 Å². The number of allylic oxidation sites excluding steroid dienone is 4. The Balaban J connectivity index is 2.11. The first-order chi connectivity index (χ1) is 31.7. The molecule has 0 bridgehead atoms. The molecule has 0 radical (unpaired) electrons. The lowest BCUT2D eigenvalue weighted by Gasteiger charge is -2.40. The van der Waals surface area contributed by atoms with E-state index < -0.39 is 74.2 Å². The van der Waals surface area contributed by atoms with Gasteiger partial charge in [0.25, 0.3) is 0 Å². The molecule has 11 nitrogen and oxygen atoms in total. The third kappa shape index (κ3) is 32.9. The maximum Gasteiger partial charge on any atom is 0.249 e. The van der Waals surface area contributed by atoms with Gasteiger partial charge in [0, 0.05) is 0 Å². The monoisotopic (exact) mass is 926 g/mol. The predicted molar refractivity (Wildman–Crippen MR) is 266 cm³/mol. The molecule has 0 aromatic heterocycles. The first-order valence-corrected chi connectivity index (χ1v) is 27.2. The van der Waals surface area contributed by atoms with Crippen LogP contribution in [0.2, 0.25) is 0 Å². The largest absolute Gasteiger partial charge is 0.394 e. The number of nitrogens with one attached hydrogen (secondary N) is 1. The van der Waals surface area contributed by atoms with Gasteiger partial charge in [-0.25, -0.2) is 0 Å². The highest BCUT2D eigenvalue weighted by Gasteiger charge is 2.44. The van der Waals surface area contributed by atoms with Crippen LogP contribution in [0.1, 0.15) is 245 Å². The standard InChI is InChI=1S/C54H103NO10/c1-3-5-7-9-11-12-13-14-15-16-17-18-19-20-21-22-23-24-25-26-27-28-29-30-31-32-33-34-35-36-38-40-42-47(58)53(63)55-45(49(59)46(57)41-39-37-10-8-6-4-2)44-64-54-52(62)51(61)50(60)48(43-56)65-54/h8,10,20-21,45-52,54,56-62H,3-7,9,11-19,22-44H2,1-2H3,(H,55,63)/b10-8+,21-20-. The van der Waals surface area contributed by atoms with Gasteiger partial charge in [0.1, 0.15) is 36.6 Å². The summed E-state index contributed by atoms with van der Waals surface area (Å²) in [5, 5.41) is 75.3. The van der Waals surface area contributed by atoms with E-state index in [4.69, 9.17) is 9.47 Å². The number of hydrogen-bond donors (Lipinski definition) is 8. The molecule has 1 aliphatic rings. The van der Waals surface area contributed by atoms with Gasteiger partial charge in [-0.3, -0.25) is 4.79 Å². The number of rotatable bonds is 46. The summed E-state index contributed by atoms with van der Waals surface area (Å²) >= 11 is 0. The third-order valence-corrected chi connectivity index (χ3v) is 13.2. The fraction of sp³-hybridized carbons (Fsp3) is 0.907. The van der Waals surface area contributed by atoms with Crippen molar-refractivity contribution in [1.29, 1.82) is 0 Å². The quantitative estimate of drug-likeness (QED) is 0.0216. The molecule has 1 fully saturated rings. The van der Waals surface area contributed by atoms with Gasteiger partial charge < -0.3 is 50.5 Å². The van der Waals surface area contributed by atoms with Crippen molar-refractivity contribution in [3.05, 3.63) is 24.3 Å². The Hall–Kier alpha value is -1.41. The van der Waals surface area contributed by atoms with Crippen LogP contribution in [-0.2, 0) is 14.3 Å². The minimum Gasteiger partial charge on any atom is -0.394 e. The van der Waals surface area contributed by atoms with Gasteiger partial charge in [0.15, 0.2) is 6.29 Å². The van der Waals surface area contributed by atoms with Crippen molar-refractivity contribution in [2.45, 2.75) is 300 Å². The Bertz CT molecular complexity index is 1110. The average molecular weight is 926 g/mol. The van der Waals surface area contributed by atoms with Crippen molar-refractivity contribution in [3.63, 3.8) is 0 Å². The highest BCUT2D eigenvalue weighted by molar-refractivity contribution is 5.80. The summed E-state index contributed by atoms with van der Waals surface area (Å²) in [6.45, 7) is 3.31. The fourth-order valence-corrected chi connectivity index (χ4v) is 8.74. The van der Waals surface area contributed by atoms with Gasteiger partial charge in [-0.05, 0) is 57.8 Å². The molecule has 0 aliphatic carbocycles. The van der Waals surface area contributed by atoms with E-state index in [0.717, 1.165) is 38.5 Å².